The molecule has 0 saturated carbocycles. The van der Waals surface area contributed by atoms with Crippen molar-refractivity contribution in [2.75, 3.05) is 0 Å². The topological polar surface area (TPSA) is 92.3 Å². The Kier molecular flexibility index (Phi) is 5.87. The lowest BCUT2D eigenvalue weighted by molar-refractivity contribution is -0.122. The smallest absolute Gasteiger partial charge is 0.241 e. The highest BCUT2D eigenvalue weighted by atomic mass is 32.2. The van der Waals surface area contributed by atoms with E-state index < -0.39 is 22.0 Å². The molecule has 0 spiro atoms. The lowest BCUT2D eigenvalue weighted by Crippen LogP contribution is -2.44. The Morgan fingerprint density at radius 3 is 2.38 bits per heavy atom. The summed E-state index contributed by atoms with van der Waals surface area (Å²) in [5.74, 6) is -0.555. The van der Waals surface area contributed by atoms with E-state index in [2.05, 4.69) is 10.0 Å². The molecule has 1 aromatic carbocycles. The number of hydrogen-bond donors (Lipinski definition) is 2. The molecule has 1 heterocycles. The Bertz CT molecular complexity index is 812. The molecule has 8 heteroatoms. The van der Waals surface area contributed by atoms with Gasteiger partial charge in [0.15, 0.2) is 5.78 Å². The van der Waals surface area contributed by atoms with Gasteiger partial charge in [-0.15, -0.1) is 11.3 Å². The summed E-state index contributed by atoms with van der Waals surface area (Å²) < 4.78 is 26.9. The van der Waals surface area contributed by atoms with Gasteiger partial charge in [0.05, 0.1) is 17.5 Å². The van der Waals surface area contributed by atoms with Gasteiger partial charge in [-0.25, -0.2) is 8.42 Å². The Hall–Kier alpha value is -2.03. The fraction of sp³-hybridized carbons (Fsp3) is 0.250. The second-order valence-corrected chi connectivity index (χ2v) is 7.97. The number of thiophene rings is 1. The molecule has 1 amide bonds. The molecular weight excluding hydrogens is 348 g/mol. The Balaban J connectivity index is 1.99. The number of benzene rings is 1. The average molecular weight is 366 g/mol. The van der Waals surface area contributed by atoms with Gasteiger partial charge in [0.1, 0.15) is 0 Å². The fourth-order valence-electron chi connectivity index (χ4n) is 1.96. The van der Waals surface area contributed by atoms with Crippen LogP contribution in [0.1, 0.15) is 29.1 Å². The summed E-state index contributed by atoms with van der Waals surface area (Å²) >= 11 is 1.51. The van der Waals surface area contributed by atoms with Crippen LogP contribution in [0.4, 0.5) is 0 Å². The number of ketones is 1. The van der Waals surface area contributed by atoms with Crippen LogP contribution < -0.4 is 10.0 Å². The number of hydrogen-bond acceptors (Lipinski definition) is 5. The van der Waals surface area contributed by atoms with Crippen LogP contribution in [0.5, 0.6) is 0 Å². The van der Waals surface area contributed by atoms with Crippen LogP contribution in [0.2, 0.25) is 0 Å². The minimum atomic E-state index is -3.84. The predicted octanol–water partition coefficient (Wildman–Crippen LogP) is 1.93. The molecule has 24 heavy (non-hydrogen) atoms. The van der Waals surface area contributed by atoms with Crippen molar-refractivity contribution in [3.05, 3.63) is 52.2 Å². The normalized spacial score (nSPS) is 12.6. The molecule has 0 saturated heterocycles. The largest absolute Gasteiger partial charge is 0.350 e. The number of carbonyl (C=O) groups excluding carboxylic acids is 2. The lowest BCUT2D eigenvalue weighted by atomic mass is 10.2. The Morgan fingerprint density at radius 1 is 1.17 bits per heavy atom. The second-order valence-electron chi connectivity index (χ2n) is 5.22. The summed E-state index contributed by atoms with van der Waals surface area (Å²) in [5, 5.41) is 4.58. The third kappa shape index (κ3) is 4.73. The van der Waals surface area contributed by atoms with Gasteiger partial charge in [0.2, 0.25) is 15.9 Å². The summed E-state index contributed by atoms with van der Waals surface area (Å²) in [6.45, 7) is 3.24. The zero-order valence-electron chi connectivity index (χ0n) is 13.3. The molecule has 0 bridgehead atoms. The average Bonchev–Trinajstić information content (AvgIpc) is 3.05. The molecule has 0 aliphatic heterocycles. The van der Waals surface area contributed by atoms with Crippen molar-refractivity contribution in [1.29, 1.82) is 0 Å². The standard InChI is InChI=1S/C16H18N2O4S2/c1-11(16(20)17-10-14-4-3-9-23-14)18-24(21,22)15-7-5-13(6-8-15)12(2)19/h3-9,11,18H,10H2,1-2H3,(H,17,20)/t11-/m0/s1. The van der Waals surface area contributed by atoms with Gasteiger partial charge in [-0.1, -0.05) is 18.2 Å². The van der Waals surface area contributed by atoms with Gasteiger partial charge in [-0.2, -0.15) is 4.72 Å². The van der Waals surface area contributed by atoms with Crippen LogP contribution in [0.15, 0.2) is 46.7 Å². The van der Waals surface area contributed by atoms with Crippen LogP contribution in [-0.2, 0) is 21.4 Å². The van der Waals surface area contributed by atoms with Gasteiger partial charge in [0, 0.05) is 10.4 Å². The fourth-order valence-corrected chi connectivity index (χ4v) is 3.81. The first kappa shape index (κ1) is 18.3. The van der Waals surface area contributed by atoms with Gasteiger partial charge in [-0.05, 0) is 37.4 Å². The Labute approximate surface area is 145 Å². The highest BCUT2D eigenvalue weighted by Gasteiger charge is 2.22. The van der Waals surface area contributed by atoms with E-state index in [1.165, 1.54) is 49.4 Å². The first-order valence-corrected chi connectivity index (χ1v) is 9.59. The maximum Gasteiger partial charge on any atom is 0.241 e. The summed E-state index contributed by atoms with van der Waals surface area (Å²) in [6, 6.07) is 8.42. The molecule has 2 aromatic rings. The molecule has 128 valence electrons. The highest BCUT2D eigenvalue weighted by molar-refractivity contribution is 7.89. The molecule has 1 atom stereocenters. The minimum Gasteiger partial charge on any atom is -0.350 e. The first-order valence-electron chi connectivity index (χ1n) is 7.23. The van der Waals surface area contributed by atoms with E-state index in [1.807, 2.05) is 17.5 Å². The van der Waals surface area contributed by atoms with Crippen LogP contribution >= 0.6 is 11.3 Å². The van der Waals surface area contributed by atoms with Gasteiger partial charge in [0.25, 0.3) is 0 Å². The zero-order chi connectivity index (χ0) is 17.7. The van der Waals surface area contributed by atoms with Crippen molar-refractivity contribution < 1.29 is 18.0 Å². The molecule has 0 aliphatic carbocycles. The van der Waals surface area contributed by atoms with E-state index in [9.17, 15) is 18.0 Å². The molecule has 0 fully saturated rings. The molecule has 0 unspecified atom stereocenters. The number of amides is 1. The van der Waals surface area contributed by atoms with Crippen molar-refractivity contribution in [2.24, 2.45) is 0 Å². The summed E-state index contributed by atoms with van der Waals surface area (Å²) in [7, 11) is -3.84. The summed E-state index contributed by atoms with van der Waals surface area (Å²) in [4.78, 5) is 24.2. The van der Waals surface area contributed by atoms with E-state index in [-0.39, 0.29) is 10.7 Å². The molecule has 1 aromatic heterocycles. The van der Waals surface area contributed by atoms with Crippen molar-refractivity contribution in [3.8, 4) is 0 Å². The maximum atomic E-state index is 12.3. The van der Waals surface area contributed by atoms with E-state index >= 15 is 0 Å². The number of rotatable bonds is 7. The lowest BCUT2D eigenvalue weighted by Gasteiger charge is -2.14. The monoisotopic (exact) mass is 366 g/mol. The van der Waals surface area contributed by atoms with Gasteiger partial charge < -0.3 is 5.32 Å². The molecule has 2 rings (SSSR count). The van der Waals surface area contributed by atoms with Crippen LogP contribution in [0.25, 0.3) is 0 Å². The third-order valence-corrected chi connectivity index (χ3v) is 5.75. The number of Topliss-reactive ketones (excluding diaryl/α,β-unsaturated/α-hetero) is 1. The van der Waals surface area contributed by atoms with Crippen LogP contribution in [-0.4, -0.2) is 26.2 Å². The SMILES string of the molecule is CC(=O)c1ccc(S(=O)(=O)N[C@@H](C)C(=O)NCc2cccs2)cc1. The van der Waals surface area contributed by atoms with Crippen molar-refractivity contribution >= 4 is 33.1 Å². The minimum absolute atomic E-state index is 0.00501. The van der Waals surface area contributed by atoms with E-state index in [0.29, 0.717) is 12.1 Å². The summed E-state index contributed by atoms with van der Waals surface area (Å²) in [5.41, 5.74) is 0.427. The van der Waals surface area contributed by atoms with Crippen LogP contribution in [0, 0.1) is 0 Å². The number of carbonyl (C=O) groups is 2. The number of nitrogens with one attached hydrogen (secondary N) is 2. The predicted molar refractivity (Wildman–Crippen MR) is 92.4 cm³/mol. The number of sulfonamides is 1. The van der Waals surface area contributed by atoms with E-state index in [0.717, 1.165) is 4.88 Å². The molecule has 6 nitrogen and oxygen atoms in total. The second kappa shape index (κ2) is 7.69. The first-order chi connectivity index (χ1) is 11.3. The summed E-state index contributed by atoms with van der Waals surface area (Å²) in [6.07, 6.45) is 0. The maximum absolute atomic E-state index is 12.3. The van der Waals surface area contributed by atoms with Crippen LogP contribution in [0.3, 0.4) is 0 Å². The molecular formula is C16H18N2O4S2. The highest BCUT2D eigenvalue weighted by Crippen LogP contribution is 2.12. The van der Waals surface area contributed by atoms with Crippen molar-refractivity contribution in [2.45, 2.75) is 31.3 Å². The van der Waals surface area contributed by atoms with Crippen molar-refractivity contribution in [3.63, 3.8) is 0 Å². The van der Waals surface area contributed by atoms with Gasteiger partial charge >= 0.3 is 0 Å². The molecule has 2 N–H and O–H groups in total. The van der Waals surface area contributed by atoms with E-state index in [1.54, 1.807) is 0 Å². The Morgan fingerprint density at radius 2 is 1.83 bits per heavy atom. The van der Waals surface area contributed by atoms with Crippen molar-refractivity contribution in [1.82, 2.24) is 10.0 Å². The van der Waals surface area contributed by atoms with Gasteiger partial charge in [-0.3, -0.25) is 9.59 Å². The quantitative estimate of drug-likeness (QED) is 0.733. The zero-order valence-corrected chi connectivity index (χ0v) is 14.9. The molecule has 0 radical (unpaired) electrons. The molecule has 0 aliphatic rings. The van der Waals surface area contributed by atoms with E-state index in [4.69, 9.17) is 0 Å². The third-order valence-electron chi connectivity index (χ3n) is 3.31.